The van der Waals surface area contributed by atoms with Crippen molar-refractivity contribution in [1.82, 2.24) is 0 Å². The average Bonchev–Trinajstić information content (AvgIpc) is 2.67. The van der Waals surface area contributed by atoms with Gasteiger partial charge in [-0.05, 0) is 35.0 Å². The van der Waals surface area contributed by atoms with E-state index >= 15 is 0 Å². The number of rotatable bonds is 2. The number of hydrogen-bond acceptors (Lipinski definition) is 6. The Morgan fingerprint density at radius 1 is 0.581 bits per heavy atom. The second-order valence-electron chi connectivity index (χ2n) is 6.16. The fourth-order valence-corrected chi connectivity index (χ4v) is 3.80. The van der Waals surface area contributed by atoms with Gasteiger partial charge in [-0.25, -0.2) is 25.6 Å². The van der Waals surface area contributed by atoms with E-state index in [1.807, 2.05) is 0 Å². The molecule has 0 saturated heterocycles. The van der Waals surface area contributed by atoms with E-state index in [1.54, 1.807) is 36.4 Å². The molecule has 0 N–H and O–H groups in total. The molecule has 6 nitrogen and oxygen atoms in total. The Balaban J connectivity index is 0.000000213. The molecule has 0 aliphatic rings. The molecule has 0 unspecified atom stereocenters. The van der Waals surface area contributed by atoms with Gasteiger partial charge in [-0.3, -0.25) is 0 Å². The van der Waals surface area contributed by atoms with Crippen molar-refractivity contribution >= 4 is 69.1 Å². The first kappa shape index (κ1) is 25.3. The zero-order valence-electron chi connectivity index (χ0n) is 15.5. The molecule has 0 aromatic heterocycles. The van der Waals surface area contributed by atoms with Gasteiger partial charge in [0.25, 0.3) is 0 Å². The minimum atomic E-state index is -4.61. The van der Waals surface area contributed by atoms with E-state index in [4.69, 9.17) is 0 Å². The van der Waals surface area contributed by atoms with Gasteiger partial charge in [0.2, 0.25) is 0 Å². The molecule has 31 heavy (non-hydrogen) atoms. The summed E-state index contributed by atoms with van der Waals surface area (Å²) in [6, 6.07) is 16.5. The maximum absolute atomic E-state index is 13.4. The summed E-state index contributed by atoms with van der Waals surface area (Å²) >= 11 is 0. The molecular weight excluding hydrogens is 646 g/mol. The molecule has 4 aromatic rings. The second kappa shape index (κ2) is 9.65. The van der Waals surface area contributed by atoms with Gasteiger partial charge < -0.3 is 9.11 Å². The summed E-state index contributed by atoms with van der Waals surface area (Å²) in [5, 5.41) is 1.38. The molecule has 0 heterocycles. The molecular formula is C20H12F2O6PbS2. The van der Waals surface area contributed by atoms with Crippen molar-refractivity contribution in [3.05, 3.63) is 84.4 Å². The van der Waals surface area contributed by atoms with Crippen molar-refractivity contribution in [3.8, 4) is 0 Å². The fourth-order valence-electron chi connectivity index (χ4n) is 2.76. The Morgan fingerprint density at radius 3 is 1.23 bits per heavy atom. The Hall–Kier alpha value is -2.00. The molecule has 4 aromatic carbocycles. The number of hydrogen-bond donors (Lipinski definition) is 0. The molecule has 0 bridgehead atoms. The minimum Gasteiger partial charge on any atom is -0.744 e. The Morgan fingerprint density at radius 2 is 0.903 bits per heavy atom. The zero-order chi connectivity index (χ0) is 22.1. The second-order valence-corrected chi connectivity index (χ2v) is 8.92. The van der Waals surface area contributed by atoms with Crippen LogP contribution in [-0.4, -0.2) is 53.2 Å². The summed E-state index contributed by atoms with van der Waals surface area (Å²) in [6.45, 7) is 0. The topological polar surface area (TPSA) is 114 Å². The van der Waals surface area contributed by atoms with Gasteiger partial charge >= 0.3 is 27.3 Å². The Bertz CT molecular complexity index is 1360. The third-order valence-corrected chi connectivity index (χ3v) is 5.77. The molecule has 158 valence electrons. The summed E-state index contributed by atoms with van der Waals surface area (Å²) in [5.74, 6) is -1.41. The van der Waals surface area contributed by atoms with Crippen molar-refractivity contribution < 1.29 is 34.7 Å². The predicted octanol–water partition coefficient (Wildman–Crippen LogP) is 3.39. The van der Waals surface area contributed by atoms with E-state index in [0.29, 0.717) is 21.5 Å². The molecule has 0 spiro atoms. The van der Waals surface area contributed by atoms with Crippen molar-refractivity contribution in [2.45, 2.75) is 9.79 Å². The van der Waals surface area contributed by atoms with E-state index in [1.165, 1.54) is 24.3 Å². The van der Waals surface area contributed by atoms with E-state index in [2.05, 4.69) is 0 Å². The quantitative estimate of drug-likeness (QED) is 0.241. The summed E-state index contributed by atoms with van der Waals surface area (Å²) in [4.78, 5) is -1.09. The van der Waals surface area contributed by atoms with Crippen molar-refractivity contribution in [1.29, 1.82) is 0 Å². The predicted molar refractivity (Wildman–Crippen MR) is 109 cm³/mol. The van der Waals surface area contributed by atoms with Gasteiger partial charge in [-0.2, -0.15) is 0 Å². The van der Waals surface area contributed by atoms with Crippen molar-refractivity contribution in [3.63, 3.8) is 0 Å². The molecule has 2 radical (unpaired) electrons. The molecule has 0 amide bonds. The van der Waals surface area contributed by atoms with Gasteiger partial charge in [-0.1, -0.05) is 48.5 Å². The molecule has 11 heteroatoms. The van der Waals surface area contributed by atoms with E-state index < -0.39 is 41.7 Å². The van der Waals surface area contributed by atoms with Crippen molar-refractivity contribution in [2.75, 3.05) is 0 Å². The summed E-state index contributed by atoms with van der Waals surface area (Å²) < 4.78 is 91.0. The summed E-state index contributed by atoms with van der Waals surface area (Å²) in [5.41, 5.74) is 0. The van der Waals surface area contributed by atoms with Crippen LogP contribution in [0.15, 0.2) is 82.6 Å². The van der Waals surface area contributed by atoms with Crippen LogP contribution >= 0.6 is 0 Å². The van der Waals surface area contributed by atoms with Crippen LogP contribution in [0, 0.1) is 11.6 Å². The van der Waals surface area contributed by atoms with Gasteiger partial charge in [0, 0.05) is 10.8 Å². The smallest absolute Gasteiger partial charge is 0.744 e. The third-order valence-electron chi connectivity index (χ3n) is 4.15. The van der Waals surface area contributed by atoms with E-state index in [9.17, 15) is 34.7 Å². The zero-order valence-corrected chi connectivity index (χ0v) is 21.0. The molecule has 0 fully saturated rings. The van der Waals surface area contributed by atoms with Crippen LogP contribution in [0.5, 0.6) is 0 Å². The Kier molecular flexibility index (Phi) is 7.86. The van der Waals surface area contributed by atoms with E-state index in [0.717, 1.165) is 12.1 Å². The minimum absolute atomic E-state index is 0. The van der Waals surface area contributed by atoms with Crippen LogP contribution in [0.2, 0.25) is 0 Å². The van der Waals surface area contributed by atoms with Gasteiger partial charge in [0.1, 0.15) is 31.9 Å². The summed E-state index contributed by atoms with van der Waals surface area (Å²) in [6.07, 6.45) is 0. The largest absolute Gasteiger partial charge is 2.00 e. The van der Waals surface area contributed by atoms with Crippen LogP contribution in [0.25, 0.3) is 21.5 Å². The van der Waals surface area contributed by atoms with Crippen LogP contribution in [-0.2, 0) is 20.2 Å². The summed E-state index contributed by atoms with van der Waals surface area (Å²) in [7, 11) is -9.21. The average molecular weight is 658 g/mol. The number of fused-ring (bicyclic) bond motifs is 2. The van der Waals surface area contributed by atoms with Gasteiger partial charge in [-0.15, -0.1) is 0 Å². The molecule has 4 rings (SSSR count). The Labute approximate surface area is 197 Å². The molecule has 0 saturated carbocycles. The van der Waals surface area contributed by atoms with Gasteiger partial charge in [0.05, 0.1) is 9.79 Å². The number of benzene rings is 4. The third kappa shape index (κ3) is 6.04. The van der Waals surface area contributed by atoms with Crippen molar-refractivity contribution in [2.24, 2.45) is 0 Å². The van der Waals surface area contributed by atoms with Crippen LogP contribution in [0.4, 0.5) is 8.78 Å². The number of halogens is 2. The first-order chi connectivity index (χ1) is 14.0. The molecule has 0 aliphatic carbocycles. The van der Waals surface area contributed by atoms with Crippen LogP contribution in [0.1, 0.15) is 0 Å². The first-order valence-corrected chi connectivity index (χ1v) is 11.1. The van der Waals surface area contributed by atoms with E-state index in [-0.39, 0.29) is 27.3 Å². The first-order valence-electron chi connectivity index (χ1n) is 8.25. The van der Waals surface area contributed by atoms with Crippen LogP contribution < -0.4 is 0 Å². The normalized spacial score (nSPS) is 11.5. The monoisotopic (exact) mass is 658 g/mol. The molecule has 0 atom stereocenters. The fraction of sp³-hybridized carbons (Fsp3) is 0. The standard InChI is InChI=1S/2C10H7FO3S.Pb/c2*11-10-6-8(15(12,13)14)5-7-3-1-2-4-9(7)10;/h2*1-6H,(H,12,13,14);/q;;+2/p-2. The molecule has 0 aliphatic heterocycles. The van der Waals surface area contributed by atoms with Crippen LogP contribution in [0.3, 0.4) is 0 Å². The SMILES string of the molecule is O=S(=O)([O-])c1cc(F)c2ccccc2c1.O=S(=O)([O-])c1cc(F)c2ccccc2c1.[Pb+2]. The van der Waals surface area contributed by atoms with Gasteiger partial charge in [0.15, 0.2) is 0 Å². The maximum atomic E-state index is 13.4. The maximum Gasteiger partial charge on any atom is 2.00 e.